The van der Waals surface area contributed by atoms with Crippen molar-refractivity contribution in [2.45, 2.75) is 51.5 Å². The zero-order valence-electron chi connectivity index (χ0n) is 19.3. The van der Waals surface area contributed by atoms with Gasteiger partial charge in [0.15, 0.2) is 11.5 Å². The molecule has 2 aliphatic rings. The van der Waals surface area contributed by atoms with Crippen LogP contribution in [-0.4, -0.2) is 30.6 Å². The molecule has 1 atom stereocenters. The van der Waals surface area contributed by atoms with Crippen molar-refractivity contribution in [2.24, 2.45) is 0 Å². The molecule has 0 saturated carbocycles. The van der Waals surface area contributed by atoms with Gasteiger partial charge in [-0.15, -0.1) is 0 Å². The summed E-state index contributed by atoms with van der Waals surface area (Å²) < 4.78 is 43.9. The predicted molar refractivity (Wildman–Crippen MR) is 126 cm³/mol. The largest absolute Gasteiger partial charge is 0.351 e. The van der Waals surface area contributed by atoms with E-state index in [1.807, 2.05) is 0 Å². The van der Waals surface area contributed by atoms with Crippen molar-refractivity contribution in [1.82, 2.24) is 24.6 Å². The van der Waals surface area contributed by atoms with Crippen molar-refractivity contribution in [2.75, 3.05) is 5.32 Å². The van der Waals surface area contributed by atoms with Crippen LogP contribution in [0.1, 0.15) is 55.7 Å². The van der Waals surface area contributed by atoms with E-state index in [-0.39, 0.29) is 12.0 Å². The molecule has 3 aromatic heterocycles. The van der Waals surface area contributed by atoms with E-state index >= 15 is 0 Å². The Morgan fingerprint density at radius 3 is 2.69 bits per heavy atom. The molecule has 0 spiro atoms. The Morgan fingerprint density at radius 2 is 1.89 bits per heavy atom. The third kappa shape index (κ3) is 3.75. The summed E-state index contributed by atoms with van der Waals surface area (Å²) in [7, 11) is 0. The number of allylic oxidation sites excluding steroid dienone is 1. The van der Waals surface area contributed by atoms with Crippen LogP contribution in [-0.2, 0) is 6.42 Å². The summed E-state index contributed by atoms with van der Waals surface area (Å²) >= 11 is 0. The van der Waals surface area contributed by atoms with Crippen LogP contribution < -0.4 is 5.32 Å². The summed E-state index contributed by atoms with van der Waals surface area (Å²) in [6.45, 7) is 4.11. The molecule has 0 saturated heterocycles. The Morgan fingerprint density at radius 1 is 1.03 bits per heavy atom. The normalized spacial score (nSPS) is 17.3. The van der Waals surface area contributed by atoms with Crippen LogP contribution in [0.25, 0.3) is 22.6 Å². The topological polar surface area (TPSA) is 68.0 Å². The molecule has 2 aliphatic carbocycles. The van der Waals surface area contributed by atoms with Crippen molar-refractivity contribution in [3.8, 4) is 11.4 Å². The van der Waals surface area contributed by atoms with Gasteiger partial charge >= 0.3 is 0 Å². The minimum absolute atomic E-state index is 0.0192. The first-order valence-electron chi connectivity index (χ1n) is 11.7. The lowest BCUT2D eigenvalue weighted by Gasteiger charge is -2.26. The van der Waals surface area contributed by atoms with E-state index in [9.17, 15) is 13.2 Å². The van der Waals surface area contributed by atoms with Gasteiger partial charge in [0, 0.05) is 29.4 Å². The van der Waals surface area contributed by atoms with Gasteiger partial charge in [-0.2, -0.15) is 14.6 Å². The molecule has 0 amide bonds. The fourth-order valence-corrected chi connectivity index (χ4v) is 5.12. The third-order valence-corrected chi connectivity index (χ3v) is 6.86. The molecular weight excluding hydrogens is 453 g/mol. The Hall–Kier alpha value is -3.75. The van der Waals surface area contributed by atoms with Gasteiger partial charge in [-0.1, -0.05) is 19.4 Å². The van der Waals surface area contributed by atoms with E-state index in [1.54, 1.807) is 10.7 Å². The van der Waals surface area contributed by atoms with Crippen molar-refractivity contribution in [1.29, 1.82) is 0 Å². The maximum Gasteiger partial charge on any atom is 0.228 e. The molecule has 0 radical (unpaired) electrons. The molecule has 0 bridgehead atoms. The van der Waals surface area contributed by atoms with Crippen LogP contribution >= 0.6 is 0 Å². The fraction of sp³-hybridized carbons (Fsp3) is 0.308. The van der Waals surface area contributed by atoms with Gasteiger partial charge in [0.25, 0.3) is 0 Å². The average molecular weight is 477 g/mol. The summed E-state index contributed by atoms with van der Waals surface area (Å²) in [5.74, 6) is -0.504. The van der Waals surface area contributed by atoms with Crippen LogP contribution in [0.2, 0.25) is 0 Å². The number of benzene rings is 1. The lowest BCUT2D eigenvalue weighted by molar-refractivity contribution is 0.574. The smallest absolute Gasteiger partial charge is 0.228 e. The zero-order chi connectivity index (χ0) is 24.3. The number of hydrogen-bond acceptors (Lipinski definition) is 5. The number of fused-ring (bicyclic) bond motifs is 3. The molecular formula is C26H23F3N6. The summed E-state index contributed by atoms with van der Waals surface area (Å²) in [5, 5.41) is 8.00. The molecule has 6 nitrogen and oxygen atoms in total. The van der Waals surface area contributed by atoms with Gasteiger partial charge in [0.05, 0.1) is 12.4 Å². The standard InChI is InChI=1S/C26H23F3N6/c1-13(2)22-12-31-35-25(22)33-24(15-5-17(28)11-30-10-15)34-26(35)32-18-4-3-14-6-21-20(19(14)9-18)7-16(27)8-23(21)29/h5,7-8,10-13,18H,3-4,6,9H2,1-2H3,(H,32,33,34). The molecule has 1 N–H and O–H groups in total. The highest BCUT2D eigenvalue weighted by atomic mass is 19.1. The number of nitrogens with zero attached hydrogens (tertiary/aromatic N) is 5. The van der Waals surface area contributed by atoms with Crippen molar-refractivity contribution in [3.05, 3.63) is 76.5 Å². The maximum absolute atomic E-state index is 14.4. The van der Waals surface area contributed by atoms with Crippen molar-refractivity contribution < 1.29 is 13.2 Å². The number of hydrogen-bond donors (Lipinski definition) is 1. The average Bonchev–Trinajstić information content (AvgIpc) is 3.41. The quantitative estimate of drug-likeness (QED) is 0.409. The first-order chi connectivity index (χ1) is 16.9. The zero-order valence-corrected chi connectivity index (χ0v) is 19.3. The highest BCUT2D eigenvalue weighted by Crippen LogP contribution is 2.43. The molecule has 9 heteroatoms. The fourth-order valence-electron chi connectivity index (χ4n) is 5.12. The molecule has 0 fully saturated rings. The molecule has 0 aliphatic heterocycles. The summed E-state index contributed by atoms with van der Waals surface area (Å²) in [4.78, 5) is 13.3. The molecule has 3 heterocycles. The first kappa shape index (κ1) is 21.8. The molecule has 1 unspecified atom stereocenters. The van der Waals surface area contributed by atoms with E-state index < -0.39 is 17.5 Å². The summed E-state index contributed by atoms with van der Waals surface area (Å²) in [6.07, 6.45) is 7.19. The molecule has 1 aromatic carbocycles. The highest BCUT2D eigenvalue weighted by Gasteiger charge is 2.31. The van der Waals surface area contributed by atoms with E-state index in [0.717, 1.165) is 36.2 Å². The van der Waals surface area contributed by atoms with E-state index in [2.05, 4.69) is 39.2 Å². The first-order valence-corrected chi connectivity index (χ1v) is 11.7. The highest BCUT2D eigenvalue weighted by molar-refractivity contribution is 5.78. The maximum atomic E-state index is 14.4. The molecule has 35 heavy (non-hydrogen) atoms. The van der Waals surface area contributed by atoms with Gasteiger partial charge in [-0.05, 0) is 60.4 Å². The Balaban J connectivity index is 1.38. The number of pyridine rings is 1. The summed E-state index contributed by atoms with van der Waals surface area (Å²) in [6, 6.07) is 3.72. The number of aromatic nitrogens is 5. The monoisotopic (exact) mass is 476 g/mol. The lowest BCUT2D eigenvalue weighted by atomic mass is 9.88. The van der Waals surface area contributed by atoms with Crippen LogP contribution in [0.4, 0.5) is 19.1 Å². The Kier molecular flexibility index (Phi) is 5.09. The van der Waals surface area contributed by atoms with Gasteiger partial charge < -0.3 is 5.32 Å². The molecule has 4 aromatic rings. The van der Waals surface area contributed by atoms with Crippen molar-refractivity contribution >= 4 is 17.2 Å². The molecule has 6 rings (SSSR count). The minimum Gasteiger partial charge on any atom is -0.351 e. The predicted octanol–water partition coefficient (Wildman–Crippen LogP) is 5.70. The van der Waals surface area contributed by atoms with E-state index in [4.69, 9.17) is 0 Å². The SMILES string of the molecule is CC(C)c1cnn2c(NC3CCC4=C(C3)c3cc(F)cc(F)c3C4)nc(-c3cncc(F)c3)nc12. The number of anilines is 1. The number of halogens is 3. The lowest BCUT2D eigenvalue weighted by Crippen LogP contribution is -2.25. The van der Waals surface area contributed by atoms with Crippen LogP contribution in [0, 0.1) is 17.5 Å². The number of nitrogens with one attached hydrogen (secondary N) is 1. The minimum atomic E-state index is -0.561. The van der Waals surface area contributed by atoms with Gasteiger partial charge in [0.2, 0.25) is 5.95 Å². The summed E-state index contributed by atoms with van der Waals surface area (Å²) in [5.41, 5.74) is 5.48. The van der Waals surface area contributed by atoms with Crippen molar-refractivity contribution in [3.63, 3.8) is 0 Å². The Bertz CT molecular complexity index is 1510. The van der Waals surface area contributed by atoms with Gasteiger partial charge in [0.1, 0.15) is 17.5 Å². The number of rotatable bonds is 4. The van der Waals surface area contributed by atoms with Crippen LogP contribution in [0.5, 0.6) is 0 Å². The second-order valence-corrected chi connectivity index (χ2v) is 9.51. The second-order valence-electron chi connectivity index (χ2n) is 9.51. The molecule has 178 valence electrons. The van der Waals surface area contributed by atoms with Crippen LogP contribution in [0.15, 0.2) is 42.4 Å². The van der Waals surface area contributed by atoms with E-state index in [0.29, 0.717) is 47.0 Å². The second kappa shape index (κ2) is 8.18. The van der Waals surface area contributed by atoms with Gasteiger partial charge in [-0.3, -0.25) is 4.98 Å². The van der Waals surface area contributed by atoms with Crippen LogP contribution in [0.3, 0.4) is 0 Å². The van der Waals surface area contributed by atoms with E-state index in [1.165, 1.54) is 23.9 Å². The van der Waals surface area contributed by atoms with Gasteiger partial charge in [-0.25, -0.2) is 18.2 Å². The third-order valence-electron chi connectivity index (χ3n) is 6.86. The Labute approximate surface area is 200 Å².